The minimum Gasteiger partial charge on any atom is -0.475 e. The lowest BCUT2D eigenvalue weighted by molar-refractivity contribution is -0.193. The molecule has 14 heteroatoms. The van der Waals surface area contributed by atoms with Crippen molar-refractivity contribution in [3.05, 3.63) is 24.4 Å². The van der Waals surface area contributed by atoms with Crippen LogP contribution in [0.4, 0.5) is 32.2 Å². The van der Waals surface area contributed by atoms with Crippen LogP contribution in [0.1, 0.15) is 44.9 Å². The molecule has 3 N–H and O–H groups in total. The number of alkyl halides is 6. The second kappa shape index (κ2) is 12.6. The van der Waals surface area contributed by atoms with Crippen LogP contribution in [0.15, 0.2) is 24.4 Å². The van der Waals surface area contributed by atoms with E-state index < -0.39 is 24.3 Å². The van der Waals surface area contributed by atoms with Crippen molar-refractivity contribution in [2.24, 2.45) is 0 Å². The van der Waals surface area contributed by atoms with Crippen molar-refractivity contribution in [1.82, 2.24) is 9.88 Å². The molecule has 2 atom stereocenters. The molecule has 1 aromatic heterocycles. The monoisotopic (exact) mass is 529 g/mol. The van der Waals surface area contributed by atoms with Crippen molar-refractivity contribution < 1.29 is 50.9 Å². The molecule has 0 bridgehead atoms. The molecule has 36 heavy (non-hydrogen) atoms. The standard InChI is InChI=1S/C18H27N3O.2C2HF3O2/c1-2-6-16(5-1)21-11-9-18(14-21)13-15(8-12-22-18)20-17-7-3-4-10-19-17;2*3-2(4,5)1(6)7/h3-4,7,10,15-16H,1-2,5-6,8-9,11-14H2,(H,19,20);2*(H,6,7)/t15-,18-;;/m1../s1. The maximum atomic E-state index is 10.6. The Morgan fingerprint density at radius 1 is 1.03 bits per heavy atom. The molecule has 3 heterocycles. The third-order valence-corrected chi connectivity index (χ3v) is 6.18. The van der Waals surface area contributed by atoms with Gasteiger partial charge >= 0.3 is 24.3 Å². The molecule has 3 fully saturated rings. The van der Waals surface area contributed by atoms with Gasteiger partial charge in [0, 0.05) is 38.0 Å². The predicted molar refractivity (Wildman–Crippen MR) is 115 cm³/mol. The van der Waals surface area contributed by atoms with E-state index in [4.69, 9.17) is 24.5 Å². The number of anilines is 1. The lowest BCUT2D eigenvalue weighted by atomic mass is 9.89. The molecule has 8 nitrogen and oxygen atoms in total. The van der Waals surface area contributed by atoms with Crippen LogP contribution in [0.2, 0.25) is 0 Å². The van der Waals surface area contributed by atoms with Gasteiger partial charge in [0.05, 0.1) is 5.60 Å². The topological polar surface area (TPSA) is 112 Å². The van der Waals surface area contributed by atoms with Gasteiger partial charge < -0.3 is 20.3 Å². The molecule has 1 saturated carbocycles. The van der Waals surface area contributed by atoms with Crippen molar-refractivity contribution in [3.63, 3.8) is 0 Å². The van der Waals surface area contributed by atoms with Crippen LogP contribution in [-0.2, 0) is 14.3 Å². The summed E-state index contributed by atoms with van der Waals surface area (Å²) in [5, 5.41) is 17.9. The molecule has 0 unspecified atom stereocenters. The second-order valence-corrected chi connectivity index (χ2v) is 8.85. The van der Waals surface area contributed by atoms with Gasteiger partial charge in [0.15, 0.2) is 0 Å². The Kier molecular flexibility index (Phi) is 10.3. The molecule has 0 radical (unpaired) electrons. The van der Waals surface area contributed by atoms with E-state index in [1.165, 1.54) is 38.6 Å². The van der Waals surface area contributed by atoms with Gasteiger partial charge in [-0.25, -0.2) is 14.6 Å². The first kappa shape index (κ1) is 29.6. The van der Waals surface area contributed by atoms with E-state index in [1.54, 1.807) is 0 Å². The first-order valence-corrected chi connectivity index (χ1v) is 11.4. The predicted octanol–water partition coefficient (Wildman–Crippen LogP) is 4.33. The van der Waals surface area contributed by atoms with E-state index in [0.717, 1.165) is 37.9 Å². The SMILES string of the molecule is O=C(O)C(F)(F)F.O=C(O)C(F)(F)F.c1ccc(N[C@@H]2CCO[C@]3(CCN(C4CCCC4)C3)C2)nc1. The zero-order valence-electron chi connectivity index (χ0n) is 19.3. The van der Waals surface area contributed by atoms with Gasteiger partial charge in [0.25, 0.3) is 0 Å². The summed E-state index contributed by atoms with van der Waals surface area (Å²) >= 11 is 0. The van der Waals surface area contributed by atoms with Gasteiger partial charge in [-0.15, -0.1) is 0 Å². The highest BCUT2D eigenvalue weighted by atomic mass is 19.4. The summed E-state index contributed by atoms with van der Waals surface area (Å²) in [5.41, 5.74) is 0.0906. The van der Waals surface area contributed by atoms with Crippen molar-refractivity contribution in [1.29, 1.82) is 0 Å². The second-order valence-electron chi connectivity index (χ2n) is 8.85. The molecule has 2 saturated heterocycles. The highest BCUT2D eigenvalue weighted by molar-refractivity contribution is 5.73. The minimum absolute atomic E-state index is 0.0906. The Hall–Kier alpha value is -2.61. The Morgan fingerprint density at radius 2 is 1.61 bits per heavy atom. The van der Waals surface area contributed by atoms with Crippen molar-refractivity contribution in [3.8, 4) is 0 Å². The summed E-state index contributed by atoms with van der Waals surface area (Å²) in [6, 6.07) is 7.38. The number of nitrogens with one attached hydrogen (secondary N) is 1. The maximum Gasteiger partial charge on any atom is 0.490 e. The summed E-state index contributed by atoms with van der Waals surface area (Å²) in [7, 11) is 0. The van der Waals surface area contributed by atoms with E-state index >= 15 is 0 Å². The number of rotatable bonds is 3. The minimum atomic E-state index is -5.08. The van der Waals surface area contributed by atoms with Gasteiger partial charge in [0.2, 0.25) is 0 Å². The number of carbonyl (C=O) groups is 2. The fourth-order valence-electron chi connectivity index (χ4n) is 4.55. The van der Waals surface area contributed by atoms with Gasteiger partial charge in [0.1, 0.15) is 5.82 Å². The number of pyridine rings is 1. The smallest absolute Gasteiger partial charge is 0.475 e. The van der Waals surface area contributed by atoms with Crippen LogP contribution in [0.5, 0.6) is 0 Å². The van der Waals surface area contributed by atoms with E-state index in [1.807, 2.05) is 18.3 Å². The van der Waals surface area contributed by atoms with Gasteiger partial charge in [-0.3, -0.25) is 4.90 Å². The highest BCUT2D eigenvalue weighted by Crippen LogP contribution is 2.38. The fourth-order valence-corrected chi connectivity index (χ4v) is 4.55. The third-order valence-electron chi connectivity index (χ3n) is 6.18. The molecule has 1 aliphatic carbocycles. The van der Waals surface area contributed by atoms with Crippen LogP contribution >= 0.6 is 0 Å². The highest BCUT2D eigenvalue weighted by Gasteiger charge is 2.45. The number of hydrogen-bond acceptors (Lipinski definition) is 6. The number of halogens is 6. The van der Waals surface area contributed by atoms with E-state index in [0.29, 0.717) is 6.04 Å². The van der Waals surface area contributed by atoms with Gasteiger partial charge in [-0.1, -0.05) is 18.9 Å². The Morgan fingerprint density at radius 3 is 2.11 bits per heavy atom. The van der Waals surface area contributed by atoms with Crippen LogP contribution in [-0.4, -0.2) is 81.8 Å². The molecular formula is C22H29F6N3O5. The lowest BCUT2D eigenvalue weighted by Crippen LogP contribution is -2.47. The molecule has 0 amide bonds. The van der Waals surface area contributed by atoms with Crippen LogP contribution in [0.25, 0.3) is 0 Å². The fraction of sp³-hybridized carbons (Fsp3) is 0.682. The zero-order valence-corrected chi connectivity index (χ0v) is 19.3. The van der Waals surface area contributed by atoms with Crippen molar-refractivity contribution >= 4 is 17.8 Å². The van der Waals surface area contributed by atoms with Crippen LogP contribution in [0.3, 0.4) is 0 Å². The number of carboxylic acid groups (broad SMARTS) is 2. The maximum absolute atomic E-state index is 10.6. The summed E-state index contributed by atoms with van der Waals surface area (Å²) in [6.45, 7) is 3.24. The number of aromatic nitrogens is 1. The number of aliphatic carboxylic acids is 2. The number of hydrogen-bond donors (Lipinski definition) is 3. The van der Waals surface area contributed by atoms with Crippen LogP contribution < -0.4 is 5.32 Å². The number of ether oxygens (including phenoxy) is 1. The number of carboxylic acids is 2. The lowest BCUT2D eigenvalue weighted by Gasteiger charge is -2.39. The third kappa shape index (κ3) is 9.45. The first-order valence-electron chi connectivity index (χ1n) is 11.4. The molecule has 1 aromatic rings. The Bertz CT molecular complexity index is 825. The largest absolute Gasteiger partial charge is 0.490 e. The van der Waals surface area contributed by atoms with Gasteiger partial charge in [-0.2, -0.15) is 26.3 Å². The molecule has 3 aliphatic rings. The zero-order chi connectivity index (χ0) is 27.0. The Labute approximate surface area is 203 Å². The summed E-state index contributed by atoms with van der Waals surface area (Å²) in [6.07, 6.45) is 0.711. The van der Waals surface area contributed by atoms with Crippen molar-refractivity contribution in [2.45, 2.75) is 75.0 Å². The molecular weight excluding hydrogens is 500 g/mol. The molecule has 0 aromatic carbocycles. The van der Waals surface area contributed by atoms with E-state index in [9.17, 15) is 26.3 Å². The number of likely N-dealkylation sites (tertiary alicyclic amines) is 1. The molecule has 4 rings (SSSR count). The summed E-state index contributed by atoms with van der Waals surface area (Å²) < 4.78 is 69.8. The number of nitrogens with zero attached hydrogens (tertiary/aromatic N) is 2. The summed E-state index contributed by atoms with van der Waals surface area (Å²) in [4.78, 5) is 24.9. The average Bonchev–Trinajstić information content (AvgIpc) is 3.45. The molecule has 1 spiro atoms. The first-order chi connectivity index (χ1) is 16.7. The normalized spacial score (nSPS) is 24.9. The quantitative estimate of drug-likeness (QED) is 0.497. The van der Waals surface area contributed by atoms with Crippen LogP contribution in [0, 0.1) is 0 Å². The van der Waals surface area contributed by atoms with E-state index in [-0.39, 0.29) is 5.60 Å². The summed E-state index contributed by atoms with van der Waals surface area (Å²) in [5.74, 6) is -4.52. The van der Waals surface area contributed by atoms with Crippen molar-refractivity contribution in [2.75, 3.05) is 25.0 Å². The van der Waals surface area contributed by atoms with Gasteiger partial charge in [-0.05, 0) is 44.2 Å². The Balaban J connectivity index is 0.000000271. The van der Waals surface area contributed by atoms with E-state index in [2.05, 4.69) is 21.3 Å². The molecule has 204 valence electrons. The molecule has 2 aliphatic heterocycles. The average molecular weight is 529 g/mol.